The van der Waals surface area contributed by atoms with Crippen LogP contribution >= 0.6 is 11.6 Å². The zero-order valence-electron chi connectivity index (χ0n) is 10.1. The van der Waals surface area contributed by atoms with Crippen molar-refractivity contribution in [1.29, 1.82) is 0 Å². The molecule has 0 amide bonds. The second-order valence-electron chi connectivity index (χ2n) is 4.49. The monoisotopic (exact) mass is 266 g/mol. The molecule has 3 heterocycles. The van der Waals surface area contributed by atoms with Gasteiger partial charge in [-0.05, 0) is 12.8 Å². The number of aromatic nitrogens is 6. The summed E-state index contributed by atoms with van der Waals surface area (Å²) in [5, 5.41) is 16.6. The molecule has 2 aromatic rings. The number of hydrogen-bond acceptors (Lipinski definition) is 4. The zero-order chi connectivity index (χ0) is 12.4. The Labute approximate surface area is 110 Å². The van der Waals surface area contributed by atoms with E-state index >= 15 is 0 Å². The van der Waals surface area contributed by atoms with Crippen molar-refractivity contribution in [3.8, 4) is 0 Å². The largest absolute Gasteiger partial charge is 0.313 e. The molecule has 6 nitrogen and oxygen atoms in total. The smallest absolute Gasteiger partial charge is 0.154 e. The number of alkyl halides is 1. The maximum absolute atomic E-state index is 5.68. The average molecular weight is 267 g/mol. The minimum absolute atomic E-state index is 0.568. The van der Waals surface area contributed by atoms with Crippen LogP contribution in [-0.4, -0.2) is 35.6 Å². The lowest BCUT2D eigenvalue weighted by molar-refractivity contribution is 0.493. The number of rotatable bonds is 4. The van der Waals surface area contributed by atoms with Crippen molar-refractivity contribution >= 4 is 11.6 Å². The highest BCUT2D eigenvalue weighted by Gasteiger charge is 2.16. The summed E-state index contributed by atoms with van der Waals surface area (Å²) in [6, 6.07) is 0. The fourth-order valence-corrected chi connectivity index (χ4v) is 2.45. The lowest BCUT2D eigenvalue weighted by Crippen LogP contribution is -2.15. The van der Waals surface area contributed by atoms with E-state index < -0.39 is 0 Å². The maximum Gasteiger partial charge on any atom is 0.154 e. The first kappa shape index (κ1) is 11.6. The summed E-state index contributed by atoms with van der Waals surface area (Å²) in [6.07, 6.45) is 6.11. The van der Waals surface area contributed by atoms with Gasteiger partial charge in [0.05, 0.1) is 5.69 Å². The van der Waals surface area contributed by atoms with E-state index in [-0.39, 0.29) is 0 Å². The first-order valence-electron chi connectivity index (χ1n) is 6.23. The summed E-state index contributed by atoms with van der Waals surface area (Å²) in [5.41, 5.74) is 0.920. The summed E-state index contributed by atoms with van der Waals surface area (Å²) < 4.78 is 4.00. The number of hydrogen-bond donors (Lipinski definition) is 0. The summed E-state index contributed by atoms with van der Waals surface area (Å²) in [5.74, 6) is 2.63. The molecule has 2 aromatic heterocycles. The molecule has 7 heteroatoms. The Kier molecular flexibility index (Phi) is 3.27. The van der Waals surface area contributed by atoms with E-state index in [4.69, 9.17) is 11.6 Å². The minimum Gasteiger partial charge on any atom is -0.313 e. The van der Waals surface area contributed by atoms with Crippen LogP contribution in [0.4, 0.5) is 0 Å². The van der Waals surface area contributed by atoms with Crippen LogP contribution in [0.3, 0.4) is 0 Å². The standard InChI is InChI=1S/C11H15ClN6/c12-5-4-9-7-17(16-13-9)8-11-15-14-10-3-1-2-6-18(10)11/h7H,1-6,8H2. The highest BCUT2D eigenvalue weighted by Crippen LogP contribution is 2.14. The molecule has 0 fully saturated rings. The lowest BCUT2D eigenvalue weighted by atomic mass is 10.2. The Morgan fingerprint density at radius 2 is 2.17 bits per heavy atom. The number of aryl methyl sites for hydroxylation is 2. The predicted molar refractivity (Wildman–Crippen MR) is 66.5 cm³/mol. The topological polar surface area (TPSA) is 61.4 Å². The molecule has 0 saturated carbocycles. The van der Waals surface area contributed by atoms with Gasteiger partial charge in [0.25, 0.3) is 0 Å². The van der Waals surface area contributed by atoms with Gasteiger partial charge in [0, 0.05) is 31.5 Å². The van der Waals surface area contributed by atoms with Crippen molar-refractivity contribution in [3.63, 3.8) is 0 Å². The van der Waals surface area contributed by atoms with Crippen LogP contribution in [-0.2, 0) is 25.9 Å². The zero-order valence-corrected chi connectivity index (χ0v) is 10.8. The lowest BCUT2D eigenvalue weighted by Gasteiger charge is -2.14. The summed E-state index contributed by atoms with van der Waals surface area (Å²) in [6.45, 7) is 1.64. The van der Waals surface area contributed by atoms with Crippen LogP contribution in [0, 0.1) is 0 Å². The van der Waals surface area contributed by atoms with Gasteiger partial charge >= 0.3 is 0 Å². The van der Waals surface area contributed by atoms with Crippen molar-refractivity contribution in [3.05, 3.63) is 23.5 Å². The molecule has 18 heavy (non-hydrogen) atoms. The Bertz CT molecular complexity index is 531. The molecule has 0 aliphatic carbocycles. The molecule has 3 rings (SSSR count). The second kappa shape index (κ2) is 5.06. The van der Waals surface area contributed by atoms with Gasteiger partial charge in [-0.1, -0.05) is 5.21 Å². The van der Waals surface area contributed by atoms with E-state index in [9.17, 15) is 0 Å². The van der Waals surface area contributed by atoms with Crippen LogP contribution in [0.25, 0.3) is 0 Å². The van der Waals surface area contributed by atoms with Gasteiger partial charge < -0.3 is 4.57 Å². The molecule has 0 aromatic carbocycles. The SMILES string of the molecule is ClCCc1cn(Cc2nnc3n2CCCC3)nn1. The van der Waals surface area contributed by atoms with Crippen molar-refractivity contribution in [1.82, 2.24) is 29.8 Å². The summed E-state index contributed by atoms with van der Waals surface area (Å²) >= 11 is 5.68. The third-order valence-electron chi connectivity index (χ3n) is 3.18. The molecule has 1 aliphatic heterocycles. The predicted octanol–water partition coefficient (Wildman–Crippen LogP) is 1.04. The Hall–Kier alpha value is -1.43. The Morgan fingerprint density at radius 3 is 3.06 bits per heavy atom. The molecular formula is C11H15ClN6. The van der Waals surface area contributed by atoms with Crippen LogP contribution in [0.15, 0.2) is 6.20 Å². The molecule has 0 atom stereocenters. The minimum atomic E-state index is 0.568. The van der Waals surface area contributed by atoms with Crippen LogP contribution in [0.2, 0.25) is 0 Å². The van der Waals surface area contributed by atoms with Gasteiger partial charge in [0.2, 0.25) is 0 Å². The number of halogens is 1. The molecule has 0 N–H and O–H groups in total. The molecule has 96 valence electrons. The summed E-state index contributed by atoms with van der Waals surface area (Å²) in [7, 11) is 0. The molecule has 0 bridgehead atoms. The third kappa shape index (κ3) is 2.25. The fourth-order valence-electron chi connectivity index (χ4n) is 2.26. The first-order chi connectivity index (χ1) is 8.86. The van der Waals surface area contributed by atoms with Crippen molar-refractivity contribution < 1.29 is 0 Å². The van der Waals surface area contributed by atoms with Crippen molar-refractivity contribution in [2.24, 2.45) is 0 Å². The van der Waals surface area contributed by atoms with E-state index in [0.717, 1.165) is 36.7 Å². The fraction of sp³-hybridized carbons (Fsp3) is 0.636. The van der Waals surface area contributed by atoms with Gasteiger partial charge in [0.15, 0.2) is 5.82 Å². The van der Waals surface area contributed by atoms with E-state index in [2.05, 4.69) is 25.1 Å². The van der Waals surface area contributed by atoms with E-state index in [1.165, 1.54) is 12.8 Å². The van der Waals surface area contributed by atoms with Gasteiger partial charge in [-0.3, -0.25) is 0 Å². The Balaban J connectivity index is 1.77. The highest BCUT2D eigenvalue weighted by atomic mass is 35.5. The van der Waals surface area contributed by atoms with Gasteiger partial charge in [-0.15, -0.1) is 26.9 Å². The van der Waals surface area contributed by atoms with Gasteiger partial charge in [0.1, 0.15) is 12.4 Å². The van der Waals surface area contributed by atoms with Crippen LogP contribution in [0.5, 0.6) is 0 Å². The van der Waals surface area contributed by atoms with Crippen LogP contribution < -0.4 is 0 Å². The molecule has 0 saturated heterocycles. The van der Waals surface area contributed by atoms with Gasteiger partial charge in [-0.2, -0.15) is 0 Å². The molecule has 0 radical (unpaired) electrons. The normalized spacial score (nSPS) is 14.7. The maximum atomic E-state index is 5.68. The number of fused-ring (bicyclic) bond motifs is 1. The molecule has 0 spiro atoms. The first-order valence-corrected chi connectivity index (χ1v) is 6.76. The highest BCUT2D eigenvalue weighted by molar-refractivity contribution is 6.17. The third-order valence-corrected chi connectivity index (χ3v) is 3.37. The average Bonchev–Trinajstić information content (AvgIpc) is 2.99. The Morgan fingerprint density at radius 1 is 1.22 bits per heavy atom. The van der Waals surface area contributed by atoms with E-state index in [1.54, 1.807) is 4.68 Å². The van der Waals surface area contributed by atoms with E-state index in [0.29, 0.717) is 12.4 Å². The molecular weight excluding hydrogens is 252 g/mol. The second-order valence-corrected chi connectivity index (χ2v) is 4.87. The van der Waals surface area contributed by atoms with E-state index in [1.807, 2.05) is 6.20 Å². The number of nitrogens with zero attached hydrogens (tertiary/aromatic N) is 6. The van der Waals surface area contributed by atoms with Crippen molar-refractivity contribution in [2.75, 3.05) is 5.88 Å². The quantitative estimate of drug-likeness (QED) is 0.776. The van der Waals surface area contributed by atoms with Gasteiger partial charge in [-0.25, -0.2) is 4.68 Å². The molecule has 1 aliphatic rings. The van der Waals surface area contributed by atoms with Crippen LogP contribution in [0.1, 0.15) is 30.2 Å². The molecule has 0 unspecified atom stereocenters. The van der Waals surface area contributed by atoms with Crippen molar-refractivity contribution in [2.45, 2.75) is 38.8 Å². The summed E-state index contributed by atoms with van der Waals surface area (Å²) in [4.78, 5) is 0.